The number of imidazole rings is 1. The lowest BCUT2D eigenvalue weighted by atomic mass is 10.1. The molecule has 0 aliphatic carbocycles. The van der Waals surface area contributed by atoms with Crippen molar-refractivity contribution in [1.82, 2.24) is 24.3 Å². The van der Waals surface area contributed by atoms with Crippen LogP contribution in [-0.2, 0) is 11.8 Å². The molecule has 220 valence electrons. The molecule has 2 heterocycles. The van der Waals surface area contributed by atoms with Crippen molar-refractivity contribution >= 4 is 44.8 Å². The van der Waals surface area contributed by atoms with E-state index in [1.165, 1.54) is 10.6 Å². The number of aromatic nitrogens is 5. The van der Waals surface area contributed by atoms with E-state index in [4.69, 9.17) is 22.0 Å². The minimum absolute atomic E-state index is 0.748. The fourth-order valence-electron chi connectivity index (χ4n) is 6.03. The second kappa shape index (κ2) is 11.8. The summed E-state index contributed by atoms with van der Waals surface area (Å²) in [5.74, 6) is 1.50. The summed E-state index contributed by atoms with van der Waals surface area (Å²) in [6, 6.07) is 54.0. The third-order valence-corrected chi connectivity index (χ3v) is 13.2. The van der Waals surface area contributed by atoms with Crippen LogP contribution in [-0.4, -0.2) is 24.3 Å². The van der Waals surface area contributed by atoms with E-state index in [1.54, 1.807) is 0 Å². The summed E-state index contributed by atoms with van der Waals surface area (Å²) in [5, 5.41) is 13.1. The van der Waals surface area contributed by atoms with Crippen molar-refractivity contribution in [2.24, 2.45) is 0 Å². The minimum atomic E-state index is -2.27. The van der Waals surface area contributed by atoms with Gasteiger partial charge in [-0.15, -0.1) is 10.2 Å². The number of nitrogens with zero attached hydrogens (tertiary/aromatic N) is 5. The van der Waals surface area contributed by atoms with Gasteiger partial charge in [-0.05, 0) is 52.3 Å². The first kappa shape index (κ1) is 28.1. The summed E-state index contributed by atoms with van der Waals surface area (Å²) in [6.45, 7) is 0. The number of hydrogen-bond acceptors (Lipinski definition) is 4. The van der Waals surface area contributed by atoms with E-state index in [-0.39, 0.29) is 0 Å². The van der Waals surface area contributed by atoms with E-state index >= 15 is 0 Å². The molecular formula is C39H28N5PS. The normalized spacial score (nSPS) is 11.6. The largest absolute Gasteiger partial charge is 0.298 e. The number of hydrogen-bond donors (Lipinski definition) is 0. The molecule has 0 aliphatic rings. The van der Waals surface area contributed by atoms with Crippen LogP contribution in [0.4, 0.5) is 0 Å². The summed E-state index contributed by atoms with van der Waals surface area (Å²) >= 11 is 6.59. The van der Waals surface area contributed by atoms with E-state index in [1.807, 2.05) is 67.0 Å². The van der Waals surface area contributed by atoms with Crippen molar-refractivity contribution in [3.05, 3.63) is 170 Å². The van der Waals surface area contributed by atoms with Gasteiger partial charge in [-0.2, -0.15) is 0 Å². The molecule has 0 saturated heterocycles. The van der Waals surface area contributed by atoms with E-state index in [0.717, 1.165) is 50.5 Å². The van der Waals surface area contributed by atoms with Gasteiger partial charge in [0.25, 0.3) is 0 Å². The first-order valence-electron chi connectivity index (χ1n) is 15.1. The zero-order chi connectivity index (χ0) is 30.9. The molecule has 0 unspecified atom stereocenters. The Morgan fingerprint density at radius 2 is 1.04 bits per heavy atom. The molecule has 8 rings (SSSR count). The Bertz CT molecular complexity index is 2290. The van der Waals surface area contributed by atoms with Crippen LogP contribution in [0, 0.1) is 0 Å². The molecule has 46 heavy (non-hydrogen) atoms. The molecule has 6 aromatic carbocycles. The van der Waals surface area contributed by atoms with Crippen LogP contribution >= 0.6 is 6.04 Å². The van der Waals surface area contributed by atoms with Crippen molar-refractivity contribution in [1.29, 1.82) is 0 Å². The van der Waals surface area contributed by atoms with Gasteiger partial charge in [-0.3, -0.25) is 9.13 Å². The number of rotatable bonds is 7. The molecule has 0 bridgehead atoms. The SMILES string of the molecule is S=P(c1ccccc1)(c1ccccc1)c1ccc(-c2nnc(-c3ccccc3-n3cnc4ccccc43)n2-c2ccccc2)cc1. The van der Waals surface area contributed by atoms with Crippen molar-refractivity contribution in [3.63, 3.8) is 0 Å². The van der Waals surface area contributed by atoms with Gasteiger partial charge in [0.1, 0.15) is 6.33 Å². The first-order valence-corrected chi connectivity index (χ1v) is 17.9. The smallest absolute Gasteiger partial charge is 0.170 e. The molecule has 0 spiro atoms. The fraction of sp³-hybridized carbons (Fsp3) is 0. The van der Waals surface area contributed by atoms with E-state index in [2.05, 4.69) is 117 Å². The first-order chi connectivity index (χ1) is 22.7. The maximum Gasteiger partial charge on any atom is 0.170 e. The zero-order valence-corrected chi connectivity index (χ0v) is 26.5. The van der Waals surface area contributed by atoms with Gasteiger partial charge in [0, 0.05) is 22.9 Å². The van der Waals surface area contributed by atoms with Crippen molar-refractivity contribution in [2.75, 3.05) is 0 Å². The van der Waals surface area contributed by atoms with Crippen molar-refractivity contribution in [3.8, 4) is 34.2 Å². The maximum atomic E-state index is 6.59. The molecule has 0 amide bonds. The molecule has 5 nitrogen and oxygen atoms in total. The minimum Gasteiger partial charge on any atom is -0.298 e. The quantitative estimate of drug-likeness (QED) is 0.170. The van der Waals surface area contributed by atoms with Crippen LogP contribution in [0.15, 0.2) is 170 Å². The molecule has 0 radical (unpaired) electrons. The van der Waals surface area contributed by atoms with Crippen molar-refractivity contribution < 1.29 is 0 Å². The summed E-state index contributed by atoms with van der Waals surface area (Å²) < 4.78 is 4.25. The second-order valence-electron chi connectivity index (χ2n) is 11.0. The Hall–Kier alpha value is -5.42. The van der Waals surface area contributed by atoms with Crippen LogP contribution < -0.4 is 15.9 Å². The van der Waals surface area contributed by atoms with Gasteiger partial charge < -0.3 is 0 Å². The predicted octanol–water partition coefficient (Wildman–Crippen LogP) is 7.70. The molecule has 0 saturated carbocycles. The Kier molecular flexibility index (Phi) is 7.22. The lowest BCUT2D eigenvalue weighted by Crippen LogP contribution is -2.24. The molecule has 8 aromatic rings. The molecule has 0 aliphatic heterocycles. The van der Waals surface area contributed by atoms with Crippen molar-refractivity contribution in [2.45, 2.75) is 0 Å². The van der Waals surface area contributed by atoms with Gasteiger partial charge in [-0.1, -0.05) is 139 Å². The molecule has 0 fully saturated rings. The Balaban J connectivity index is 1.28. The monoisotopic (exact) mass is 629 g/mol. The summed E-state index contributed by atoms with van der Waals surface area (Å²) in [4.78, 5) is 4.65. The third kappa shape index (κ3) is 4.80. The highest BCUT2D eigenvalue weighted by Gasteiger charge is 2.26. The highest BCUT2D eigenvalue weighted by atomic mass is 32.4. The lowest BCUT2D eigenvalue weighted by Gasteiger charge is -2.24. The number of para-hydroxylation sites is 4. The van der Waals surface area contributed by atoms with Crippen LogP contribution in [0.5, 0.6) is 0 Å². The van der Waals surface area contributed by atoms with E-state index < -0.39 is 6.04 Å². The average molecular weight is 630 g/mol. The van der Waals surface area contributed by atoms with Gasteiger partial charge in [-0.25, -0.2) is 4.98 Å². The molecule has 0 N–H and O–H groups in total. The second-order valence-corrected chi connectivity index (χ2v) is 15.4. The van der Waals surface area contributed by atoms with Crippen LogP contribution in [0.3, 0.4) is 0 Å². The van der Waals surface area contributed by atoms with E-state index in [9.17, 15) is 0 Å². The standard InChI is InChI=1S/C39H28N5PS/c46-45(31-16-6-2-7-17-31,32-18-8-3-9-19-32)33-26-24-29(25-27-33)38-41-42-39(44(38)30-14-4-1-5-15-30)34-20-10-12-22-36(34)43-28-40-35-21-11-13-23-37(35)43/h1-28H. The van der Waals surface area contributed by atoms with Crippen LogP contribution in [0.25, 0.3) is 45.2 Å². The Morgan fingerprint density at radius 3 is 1.74 bits per heavy atom. The van der Waals surface area contributed by atoms with Gasteiger partial charge in [0.05, 0.1) is 16.7 Å². The van der Waals surface area contributed by atoms with Gasteiger partial charge in [0.2, 0.25) is 0 Å². The lowest BCUT2D eigenvalue weighted by molar-refractivity contribution is 1.05. The highest BCUT2D eigenvalue weighted by Crippen LogP contribution is 2.43. The predicted molar refractivity (Wildman–Crippen MR) is 193 cm³/mol. The Labute approximate surface area is 272 Å². The molecule has 7 heteroatoms. The number of fused-ring (bicyclic) bond motifs is 1. The van der Waals surface area contributed by atoms with Crippen LogP contribution in [0.1, 0.15) is 0 Å². The summed E-state index contributed by atoms with van der Waals surface area (Å²) in [5.41, 5.74) is 5.84. The number of benzene rings is 6. The molecule has 0 atom stereocenters. The van der Waals surface area contributed by atoms with Gasteiger partial charge >= 0.3 is 0 Å². The molecule has 2 aromatic heterocycles. The summed E-state index contributed by atoms with van der Waals surface area (Å²) in [6.07, 6.45) is 1.87. The topological polar surface area (TPSA) is 48.5 Å². The van der Waals surface area contributed by atoms with Gasteiger partial charge in [0.15, 0.2) is 11.6 Å². The zero-order valence-electron chi connectivity index (χ0n) is 24.8. The van der Waals surface area contributed by atoms with E-state index in [0.29, 0.717) is 0 Å². The third-order valence-electron chi connectivity index (χ3n) is 8.26. The highest BCUT2D eigenvalue weighted by molar-refractivity contribution is 8.25. The Morgan fingerprint density at radius 1 is 0.500 bits per heavy atom. The molecular weight excluding hydrogens is 602 g/mol. The maximum absolute atomic E-state index is 6.59. The summed E-state index contributed by atoms with van der Waals surface area (Å²) in [7, 11) is 0. The van der Waals surface area contributed by atoms with Crippen LogP contribution in [0.2, 0.25) is 0 Å². The average Bonchev–Trinajstić information content (AvgIpc) is 3.78. The fourth-order valence-corrected chi connectivity index (χ4v) is 9.78.